The summed E-state index contributed by atoms with van der Waals surface area (Å²) in [7, 11) is 0. The normalized spacial score (nSPS) is 23.0. The van der Waals surface area contributed by atoms with E-state index in [0.717, 1.165) is 18.4 Å². The van der Waals surface area contributed by atoms with Gasteiger partial charge in [-0.15, -0.1) is 0 Å². The lowest BCUT2D eigenvalue weighted by Crippen LogP contribution is -2.46. The molecule has 0 unspecified atom stereocenters. The number of carbonyl (C=O) groups excluding carboxylic acids is 1. The standard InChI is InChI=1S/C17H18FN3O3/c1-10-19-16(20-24-10)11-3-2-6-21(9-11)17(22)15-8-12-7-13(18)4-5-14(12)23-15/h4-5,7,11,15H,2-3,6,8-9H2,1H3/t11-,15+/m1/s1. The van der Waals surface area contributed by atoms with Gasteiger partial charge in [0.2, 0.25) is 5.89 Å². The summed E-state index contributed by atoms with van der Waals surface area (Å²) in [6.45, 7) is 3.00. The molecule has 2 atom stereocenters. The summed E-state index contributed by atoms with van der Waals surface area (Å²) < 4.78 is 24.1. The Labute approximate surface area is 138 Å². The van der Waals surface area contributed by atoms with Gasteiger partial charge in [-0.05, 0) is 31.0 Å². The van der Waals surface area contributed by atoms with E-state index in [0.29, 0.717) is 37.0 Å². The van der Waals surface area contributed by atoms with Gasteiger partial charge in [0, 0.05) is 37.9 Å². The number of benzene rings is 1. The summed E-state index contributed by atoms with van der Waals surface area (Å²) in [6.07, 6.45) is 1.65. The van der Waals surface area contributed by atoms with E-state index in [2.05, 4.69) is 10.1 Å². The number of rotatable bonds is 2. The van der Waals surface area contributed by atoms with E-state index in [1.54, 1.807) is 17.9 Å². The highest BCUT2D eigenvalue weighted by atomic mass is 19.1. The molecule has 0 spiro atoms. The summed E-state index contributed by atoms with van der Waals surface area (Å²) in [5.41, 5.74) is 0.746. The molecule has 2 aromatic rings. The van der Waals surface area contributed by atoms with Gasteiger partial charge in [0.15, 0.2) is 11.9 Å². The van der Waals surface area contributed by atoms with Gasteiger partial charge in [-0.3, -0.25) is 4.79 Å². The minimum Gasteiger partial charge on any atom is -0.480 e. The van der Waals surface area contributed by atoms with E-state index >= 15 is 0 Å². The van der Waals surface area contributed by atoms with Gasteiger partial charge in [0.05, 0.1) is 0 Å². The molecule has 3 heterocycles. The van der Waals surface area contributed by atoms with E-state index in [4.69, 9.17) is 9.26 Å². The van der Waals surface area contributed by atoms with Gasteiger partial charge in [-0.25, -0.2) is 4.39 Å². The smallest absolute Gasteiger partial charge is 0.264 e. The van der Waals surface area contributed by atoms with Crippen LogP contribution in [0.3, 0.4) is 0 Å². The van der Waals surface area contributed by atoms with Crippen LogP contribution >= 0.6 is 0 Å². The van der Waals surface area contributed by atoms with E-state index in [1.807, 2.05) is 0 Å². The molecule has 7 heteroatoms. The molecule has 6 nitrogen and oxygen atoms in total. The van der Waals surface area contributed by atoms with Crippen molar-refractivity contribution < 1.29 is 18.4 Å². The molecule has 2 aliphatic heterocycles. The van der Waals surface area contributed by atoms with Crippen LogP contribution in [0.5, 0.6) is 5.75 Å². The number of ether oxygens (including phenoxy) is 1. The van der Waals surface area contributed by atoms with Gasteiger partial charge in [-0.1, -0.05) is 5.16 Å². The second-order valence-electron chi connectivity index (χ2n) is 6.36. The summed E-state index contributed by atoms with van der Waals surface area (Å²) in [6, 6.07) is 4.37. The van der Waals surface area contributed by atoms with E-state index < -0.39 is 6.10 Å². The maximum atomic E-state index is 13.3. The molecule has 0 radical (unpaired) electrons. The number of halogens is 1. The molecule has 0 N–H and O–H groups in total. The average molecular weight is 331 g/mol. The van der Waals surface area contributed by atoms with E-state index in [1.165, 1.54) is 12.1 Å². The fourth-order valence-electron chi connectivity index (χ4n) is 3.43. The lowest BCUT2D eigenvalue weighted by molar-refractivity contribution is -0.139. The van der Waals surface area contributed by atoms with Gasteiger partial charge < -0.3 is 14.2 Å². The number of fused-ring (bicyclic) bond motifs is 1. The van der Waals surface area contributed by atoms with Crippen LogP contribution in [0.1, 0.15) is 36.0 Å². The molecule has 1 amide bonds. The average Bonchev–Trinajstić information content (AvgIpc) is 3.20. The van der Waals surface area contributed by atoms with Crippen LogP contribution in [-0.2, 0) is 11.2 Å². The van der Waals surface area contributed by atoms with Gasteiger partial charge in [0.1, 0.15) is 11.6 Å². The summed E-state index contributed by atoms with van der Waals surface area (Å²) in [4.78, 5) is 18.9. The van der Waals surface area contributed by atoms with Crippen LogP contribution in [0.4, 0.5) is 4.39 Å². The molecule has 1 saturated heterocycles. The number of amides is 1. The Kier molecular flexibility index (Phi) is 3.70. The molecule has 0 bridgehead atoms. The largest absolute Gasteiger partial charge is 0.480 e. The van der Waals surface area contributed by atoms with Crippen LogP contribution in [0, 0.1) is 12.7 Å². The zero-order chi connectivity index (χ0) is 16.7. The molecular weight excluding hydrogens is 313 g/mol. The summed E-state index contributed by atoms with van der Waals surface area (Å²) in [5.74, 6) is 1.50. The van der Waals surface area contributed by atoms with Crippen molar-refractivity contribution in [3.05, 3.63) is 41.3 Å². The number of likely N-dealkylation sites (tertiary alicyclic amines) is 1. The minimum atomic E-state index is -0.576. The third kappa shape index (κ3) is 2.74. The number of aryl methyl sites for hydroxylation is 1. The first kappa shape index (κ1) is 15.1. The molecule has 24 heavy (non-hydrogen) atoms. The predicted molar refractivity (Wildman–Crippen MR) is 82.1 cm³/mol. The maximum absolute atomic E-state index is 13.3. The summed E-state index contributed by atoms with van der Waals surface area (Å²) in [5, 5.41) is 3.98. The molecule has 0 saturated carbocycles. The Bertz CT molecular complexity index is 776. The molecule has 1 aromatic heterocycles. The molecule has 2 aliphatic rings. The van der Waals surface area contributed by atoms with Crippen LogP contribution in [-0.4, -0.2) is 40.1 Å². The Morgan fingerprint density at radius 1 is 1.42 bits per heavy atom. The monoisotopic (exact) mass is 331 g/mol. The van der Waals surface area contributed by atoms with Crippen molar-refractivity contribution in [3.8, 4) is 5.75 Å². The highest BCUT2D eigenvalue weighted by Crippen LogP contribution is 2.31. The third-order valence-electron chi connectivity index (χ3n) is 4.61. The lowest BCUT2D eigenvalue weighted by atomic mass is 9.96. The van der Waals surface area contributed by atoms with Gasteiger partial charge in [-0.2, -0.15) is 4.98 Å². The molecule has 1 aromatic carbocycles. The number of aromatic nitrogens is 2. The first-order valence-electron chi connectivity index (χ1n) is 8.14. The second-order valence-corrected chi connectivity index (χ2v) is 6.36. The van der Waals surface area contributed by atoms with Crippen LogP contribution < -0.4 is 4.74 Å². The van der Waals surface area contributed by atoms with Crippen molar-refractivity contribution >= 4 is 5.91 Å². The number of piperidine rings is 1. The van der Waals surface area contributed by atoms with Crippen molar-refractivity contribution in [2.24, 2.45) is 0 Å². The van der Waals surface area contributed by atoms with Crippen LogP contribution in [0.15, 0.2) is 22.7 Å². The molecule has 0 aliphatic carbocycles. The highest BCUT2D eigenvalue weighted by Gasteiger charge is 2.35. The number of hydrogen-bond acceptors (Lipinski definition) is 5. The van der Waals surface area contributed by atoms with Gasteiger partial charge in [0.25, 0.3) is 5.91 Å². The summed E-state index contributed by atoms with van der Waals surface area (Å²) >= 11 is 0. The second kappa shape index (κ2) is 5.89. The Balaban J connectivity index is 1.45. The fraction of sp³-hybridized carbons (Fsp3) is 0.471. The Morgan fingerprint density at radius 3 is 3.08 bits per heavy atom. The van der Waals surface area contributed by atoms with Crippen molar-refractivity contribution in [1.82, 2.24) is 15.0 Å². The van der Waals surface area contributed by atoms with Crippen molar-refractivity contribution in [3.63, 3.8) is 0 Å². The molecule has 126 valence electrons. The van der Waals surface area contributed by atoms with Gasteiger partial charge >= 0.3 is 0 Å². The molecular formula is C17H18FN3O3. The topological polar surface area (TPSA) is 68.5 Å². The van der Waals surface area contributed by atoms with E-state index in [-0.39, 0.29) is 17.6 Å². The van der Waals surface area contributed by atoms with Crippen LogP contribution in [0.2, 0.25) is 0 Å². The minimum absolute atomic E-state index is 0.0588. The maximum Gasteiger partial charge on any atom is 0.264 e. The Morgan fingerprint density at radius 2 is 2.29 bits per heavy atom. The number of hydrogen-bond donors (Lipinski definition) is 0. The molecule has 1 fully saturated rings. The molecule has 4 rings (SSSR count). The first-order valence-corrected chi connectivity index (χ1v) is 8.14. The van der Waals surface area contributed by atoms with E-state index in [9.17, 15) is 9.18 Å². The highest BCUT2D eigenvalue weighted by molar-refractivity contribution is 5.82. The lowest BCUT2D eigenvalue weighted by Gasteiger charge is -2.32. The van der Waals surface area contributed by atoms with Crippen LogP contribution in [0.25, 0.3) is 0 Å². The zero-order valence-electron chi connectivity index (χ0n) is 13.4. The Hall–Kier alpha value is -2.44. The van der Waals surface area contributed by atoms with Crippen molar-refractivity contribution in [1.29, 1.82) is 0 Å². The fourth-order valence-corrected chi connectivity index (χ4v) is 3.43. The number of nitrogens with zero attached hydrogens (tertiary/aromatic N) is 3. The zero-order valence-corrected chi connectivity index (χ0v) is 13.4. The van der Waals surface area contributed by atoms with Crippen molar-refractivity contribution in [2.75, 3.05) is 13.1 Å². The first-order chi connectivity index (χ1) is 11.6. The quantitative estimate of drug-likeness (QED) is 0.844. The third-order valence-corrected chi connectivity index (χ3v) is 4.61. The SMILES string of the molecule is Cc1nc([C@@H]2CCCN(C(=O)[C@@H]3Cc4cc(F)ccc4O3)C2)no1. The number of carbonyl (C=O) groups is 1. The predicted octanol–water partition coefficient (Wildman–Crippen LogP) is 2.23. The van der Waals surface area contributed by atoms with Crippen molar-refractivity contribution in [2.45, 2.75) is 38.2 Å².